The molecule has 4 heteroatoms. The van der Waals surface area contributed by atoms with Crippen LogP contribution in [-0.2, 0) is 4.79 Å². The molecule has 2 atom stereocenters. The van der Waals surface area contributed by atoms with Gasteiger partial charge in [-0.1, -0.05) is 12.2 Å². The Morgan fingerprint density at radius 2 is 2.07 bits per heavy atom. The van der Waals surface area contributed by atoms with Crippen LogP contribution in [0.25, 0.3) is 0 Å². The Balaban J connectivity index is 1.74. The third-order valence-corrected chi connectivity index (χ3v) is 6.46. The van der Waals surface area contributed by atoms with Gasteiger partial charge in [-0.05, 0) is 63.6 Å². The van der Waals surface area contributed by atoms with Crippen molar-refractivity contribution in [2.24, 2.45) is 0 Å². The predicted molar refractivity (Wildman–Crippen MR) is 108 cm³/mol. The first kappa shape index (κ1) is 18.2. The fourth-order valence-electron chi connectivity index (χ4n) is 4.63. The van der Waals surface area contributed by atoms with Gasteiger partial charge in [-0.25, -0.2) is 0 Å². The van der Waals surface area contributed by atoms with Crippen molar-refractivity contribution in [2.45, 2.75) is 51.6 Å². The van der Waals surface area contributed by atoms with Crippen molar-refractivity contribution in [3.63, 3.8) is 0 Å². The molecule has 0 saturated carbocycles. The summed E-state index contributed by atoms with van der Waals surface area (Å²) >= 11 is 0. The lowest BCUT2D eigenvalue weighted by Gasteiger charge is -2.33. The zero-order chi connectivity index (χ0) is 19.3. The second-order valence-electron chi connectivity index (χ2n) is 8.29. The zero-order valence-electron chi connectivity index (χ0n) is 16.7. The number of benzene rings is 1. The Bertz CT molecular complexity index is 865. The molecule has 1 aliphatic heterocycles. The second-order valence-corrected chi connectivity index (χ2v) is 8.29. The van der Waals surface area contributed by atoms with Gasteiger partial charge in [0.25, 0.3) is 0 Å². The molecule has 0 saturated heterocycles. The van der Waals surface area contributed by atoms with Gasteiger partial charge in [0.15, 0.2) is 11.6 Å². The minimum absolute atomic E-state index is 0.0930. The summed E-state index contributed by atoms with van der Waals surface area (Å²) < 4.78 is 0. The summed E-state index contributed by atoms with van der Waals surface area (Å²) in [7, 11) is 2.16. The molecule has 0 N–H and O–H groups in total. The molecule has 4 nitrogen and oxygen atoms in total. The molecule has 1 aromatic carbocycles. The van der Waals surface area contributed by atoms with E-state index >= 15 is 0 Å². The predicted octanol–water partition coefficient (Wildman–Crippen LogP) is 3.73. The number of nitrogens with zero attached hydrogens (tertiary/aromatic N) is 2. The van der Waals surface area contributed by atoms with E-state index in [1.165, 1.54) is 16.8 Å². The Morgan fingerprint density at radius 3 is 2.78 bits per heavy atom. The van der Waals surface area contributed by atoms with Gasteiger partial charge < -0.3 is 9.80 Å². The van der Waals surface area contributed by atoms with Crippen molar-refractivity contribution in [1.29, 1.82) is 0 Å². The SMILES string of the molecule is CC(=O)c1ccc2c(c1)C1C3=C(C=CC1N2CCN(C)C(C)C)C(=O)CC3. The molecule has 27 heavy (non-hydrogen) atoms. The van der Waals surface area contributed by atoms with E-state index in [2.05, 4.69) is 48.9 Å². The Morgan fingerprint density at radius 1 is 1.30 bits per heavy atom. The largest absolute Gasteiger partial charge is 0.363 e. The minimum atomic E-state index is 0.0930. The molecule has 3 aliphatic rings. The van der Waals surface area contributed by atoms with Crippen LogP contribution in [-0.4, -0.2) is 48.7 Å². The van der Waals surface area contributed by atoms with E-state index < -0.39 is 0 Å². The summed E-state index contributed by atoms with van der Waals surface area (Å²) in [6.07, 6.45) is 5.72. The topological polar surface area (TPSA) is 40.6 Å². The third kappa shape index (κ3) is 2.96. The van der Waals surface area contributed by atoms with Crippen molar-refractivity contribution in [2.75, 3.05) is 25.0 Å². The second kappa shape index (κ2) is 6.75. The van der Waals surface area contributed by atoms with Crippen molar-refractivity contribution in [3.05, 3.63) is 52.6 Å². The molecule has 0 fully saturated rings. The molecule has 0 radical (unpaired) electrons. The number of anilines is 1. The first-order valence-corrected chi connectivity index (χ1v) is 9.94. The van der Waals surface area contributed by atoms with E-state index in [9.17, 15) is 9.59 Å². The number of likely N-dealkylation sites (N-methyl/N-ethyl adjacent to an activating group) is 1. The van der Waals surface area contributed by atoms with Gasteiger partial charge in [0.2, 0.25) is 0 Å². The maximum absolute atomic E-state index is 12.3. The van der Waals surface area contributed by atoms with Crippen LogP contribution in [0.3, 0.4) is 0 Å². The molecule has 0 bridgehead atoms. The molecule has 0 spiro atoms. The highest BCUT2D eigenvalue weighted by atomic mass is 16.1. The highest BCUT2D eigenvalue weighted by Gasteiger charge is 2.43. The van der Waals surface area contributed by atoms with Crippen molar-refractivity contribution in [1.82, 2.24) is 4.90 Å². The Hall–Kier alpha value is -2.20. The molecule has 2 unspecified atom stereocenters. The van der Waals surface area contributed by atoms with Crippen LogP contribution in [0, 0.1) is 0 Å². The smallest absolute Gasteiger partial charge is 0.163 e. The number of carbonyl (C=O) groups excluding carboxylic acids is 2. The number of ketones is 2. The van der Waals surface area contributed by atoms with Crippen LogP contribution < -0.4 is 4.90 Å². The number of carbonyl (C=O) groups is 2. The number of Topliss-reactive ketones (excluding diaryl/α,β-unsaturated/α-hetero) is 2. The first-order chi connectivity index (χ1) is 12.9. The van der Waals surface area contributed by atoms with E-state index in [4.69, 9.17) is 0 Å². The highest BCUT2D eigenvalue weighted by Crippen LogP contribution is 2.51. The molecular formula is C23H28N2O2. The standard InChI is InChI=1S/C23H28N2O2/c1-14(2)24(4)11-12-25-20-8-5-16(15(3)26)13-19(20)23-18-7-10-22(27)17(18)6-9-21(23)25/h5-6,8-9,13-14,21,23H,7,10-12H2,1-4H3. The van der Waals surface area contributed by atoms with Crippen molar-refractivity contribution < 1.29 is 9.59 Å². The maximum Gasteiger partial charge on any atom is 0.163 e. The van der Waals surface area contributed by atoms with Crippen LogP contribution in [0.2, 0.25) is 0 Å². The molecule has 2 aliphatic carbocycles. The van der Waals surface area contributed by atoms with Crippen LogP contribution in [0.5, 0.6) is 0 Å². The van der Waals surface area contributed by atoms with Gasteiger partial charge in [0.05, 0.1) is 6.04 Å². The summed E-state index contributed by atoms with van der Waals surface area (Å²) in [5.41, 5.74) is 5.37. The summed E-state index contributed by atoms with van der Waals surface area (Å²) in [4.78, 5) is 29.0. The summed E-state index contributed by atoms with van der Waals surface area (Å²) in [6.45, 7) is 7.95. The van der Waals surface area contributed by atoms with Crippen LogP contribution in [0.15, 0.2) is 41.5 Å². The van der Waals surface area contributed by atoms with Crippen molar-refractivity contribution >= 4 is 17.3 Å². The van der Waals surface area contributed by atoms with Gasteiger partial charge in [0.1, 0.15) is 0 Å². The number of hydrogen-bond acceptors (Lipinski definition) is 4. The fourth-order valence-corrected chi connectivity index (χ4v) is 4.63. The number of fused-ring (bicyclic) bond motifs is 4. The van der Waals surface area contributed by atoms with E-state index in [1.807, 2.05) is 12.1 Å². The molecule has 0 aromatic heterocycles. The van der Waals surface area contributed by atoms with Gasteiger partial charge in [-0.15, -0.1) is 0 Å². The minimum Gasteiger partial charge on any atom is -0.363 e. The normalized spacial score (nSPS) is 23.3. The monoisotopic (exact) mass is 364 g/mol. The van der Waals surface area contributed by atoms with E-state index in [-0.39, 0.29) is 23.5 Å². The summed E-state index contributed by atoms with van der Waals surface area (Å²) in [6, 6.07) is 6.86. The van der Waals surface area contributed by atoms with E-state index in [0.29, 0.717) is 12.5 Å². The summed E-state index contributed by atoms with van der Waals surface area (Å²) in [5.74, 6) is 0.562. The lowest BCUT2D eigenvalue weighted by Crippen LogP contribution is -2.41. The van der Waals surface area contributed by atoms with E-state index in [1.54, 1.807) is 6.92 Å². The van der Waals surface area contributed by atoms with Gasteiger partial charge in [-0.2, -0.15) is 0 Å². The number of hydrogen-bond donors (Lipinski definition) is 0. The number of allylic oxidation sites excluding steroid dienone is 2. The van der Waals surface area contributed by atoms with E-state index in [0.717, 1.165) is 30.6 Å². The van der Waals surface area contributed by atoms with Crippen LogP contribution in [0.4, 0.5) is 5.69 Å². The molecule has 1 aromatic rings. The zero-order valence-corrected chi connectivity index (χ0v) is 16.7. The Kier molecular flexibility index (Phi) is 4.55. The average Bonchev–Trinajstić information content (AvgIpc) is 3.17. The molecular weight excluding hydrogens is 336 g/mol. The van der Waals surface area contributed by atoms with Gasteiger partial charge in [-0.3, -0.25) is 9.59 Å². The lowest BCUT2D eigenvalue weighted by atomic mass is 9.81. The average molecular weight is 364 g/mol. The van der Waals surface area contributed by atoms with Crippen LogP contribution >= 0.6 is 0 Å². The molecule has 4 rings (SSSR count). The highest BCUT2D eigenvalue weighted by molar-refractivity contribution is 6.02. The fraction of sp³-hybridized carbons (Fsp3) is 0.478. The van der Waals surface area contributed by atoms with Gasteiger partial charge in [0, 0.05) is 48.3 Å². The summed E-state index contributed by atoms with van der Waals surface area (Å²) in [5, 5.41) is 0. The van der Waals surface area contributed by atoms with Gasteiger partial charge >= 0.3 is 0 Å². The molecule has 1 heterocycles. The first-order valence-electron chi connectivity index (χ1n) is 9.94. The number of rotatable bonds is 5. The quantitative estimate of drug-likeness (QED) is 0.747. The maximum atomic E-state index is 12.3. The molecule has 0 amide bonds. The Labute approximate surface area is 161 Å². The van der Waals surface area contributed by atoms with Crippen molar-refractivity contribution in [3.8, 4) is 0 Å². The lowest BCUT2D eigenvalue weighted by molar-refractivity contribution is -0.114. The third-order valence-electron chi connectivity index (χ3n) is 6.46. The van der Waals surface area contributed by atoms with Crippen LogP contribution in [0.1, 0.15) is 55.5 Å². The molecule has 142 valence electrons.